The molecule has 0 aliphatic carbocycles. The van der Waals surface area contributed by atoms with Crippen molar-refractivity contribution in [2.45, 2.75) is 58.8 Å². The summed E-state index contributed by atoms with van der Waals surface area (Å²) in [5.41, 5.74) is -0.548. The Labute approximate surface area is 108 Å². The molecule has 1 amide bonds. The van der Waals surface area contributed by atoms with Crippen molar-refractivity contribution >= 4 is 11.9 Å². The number of ether oxygens (including phenoxy) is 2. The summed E-state index contributed by atoms with van der Waals surface area (Å²) < 4.78 is 10.5. The van der Waals surface area contributed by atoms with E-state index in [2.05, 4.69) is 5.32 Å². The highest BCUT2D eigenvalue weighted by atomic mass is 16.6. The van der Waals surface area contributed by atoms with E-state index in [-0.39, 0.29) is 11.8 Å². The SMILES string of the molecule is CC1CCOC1C(=O)N[C@@H](C)C(=O)OC(C)(C)C. The Morgan fingerprint density at radius 1 is 1.39 bits per heavy atom. The Morgan fingerprint density at radius 2 is 2.00 bits per heavy atom. The predicted molar refractivity (Wildman–Crippen MR) is 67.0 cm³/mol. The van der Waals surface area contributed by atoms with Gasteiger partial charge >= 0.3 is 5.97 Å². The minimum atomic E-state index is -0.659. The fourth-order valence-corrected chi connectivity index (χ4v) is 1.78. The van der Waals surface area contributed by atoms with E-state index in [4.69, 9.17) is 9.47 Å². The van der Waals surface area contributed by atoms with Crippen molar-refractivity contribution in [3.63, 3.8) is 0 Å². The molecule has 0 radical (unpaired) electrons. The molecule has 0 aromatic heterocycles. The van der Waals surface area contributed by atoms with Crippen LogP contribution in [0.15, 0.2) is 0 Å². The van der Waals surface area contributed by atoms with Crippen molar-refractivity contribution in [3.8, 4) is 0 Å². The van der Waals surface area contributed by atoms with Gasteiger partial charge in [0.05, 0.1) is 0 Å². The first-order valence-electron chi connectivity index (χ1n) is 6.35. The van der Waals surface area contributed by atoms with E-state index in [0.717, 1.165) is 6.42 Å². The first kappa shape index (κ1) is 15.0. The summed E-state index contributed by atoms with van der Waals surface area (Å²) in [6.45, 7) is 9.56. The zero-order chi connectivity index (χ0) is 13.9. The van der Waals surface area contributed by atoms with Gasteiger partial charge in [-0.1, -0.05) is 6.92 Å². The van der Waals surface area contributed by atoms with E-state index in [1.165, 1.54) is 0 Å². The number of hydrogen-bond donors (Lipinski definition) is 1. The van der Waals surface area contributed by atoms with Crippen LogP contribution in [0.5, 0.6) is 0 Å². The third kappa shape index (κ3) is 4.29. The normalized spacial score (nSPS) is 25.6. The second-order valence-electron chi connectivity index (χ2n) is 5.82. The van der Waals surface area contributed by atoms with Crippen LogP contribution in [0, 0.1) is 5.92 Å². The van der Waals surface area contributed by atoms with Crippen LogP contribution >= 0.6 is 0 Å². The van der Waals surface area contributed by atoms with Crippen molar-refractivity contribution in [2.24, 2.45) is 5.92 Å². The maximum absolute atomic E-state index is 11.9. The standard InChI is InChI=1S/C13H23NO4/c1-8-6-7-17-10(8)11(15)14-9(2)12(16)18-13(3,4)5/h8-10H,6-7H2,1-5H3,(H,14,15)/t8?,9-,10?/m0/s1. The highest BCUT2D eigenvalue weighted by Gasteiger charge is 2.33. The minimum Gasteiger partial charge on any atom is -0.458 e. The number of carbonyl (C=O) groups is 2. The second-order valence-corrected chi connectivity index (χ2v) is 5.82. The second kappa shape index (κ2) is 5.69. The molecule has 1 heterocycles. The van der Waals surface area contributed by atoms with Crippen LogP contribution in [0.25, 0.3) is 0 Å². The summed E-state index contributed by atoms with van der Waals surface area (Å²) in [5.74, 6) is -0.476. The Bertz CT molecular complexity index is 321. The molecule has 1 rings (SSSR count). The van der Waals surface area contributed by atoms with Crippen molar-refractivity contribution < 1.29 is 19.1 Å². The van der Waals surface area contributed by atoms with E-state index in [0.29, 0.717) is 6.61 Å². The van der Waals surface area contributed by atoms with Gasteiger partial charge in [-0.15, -0.1) is 0 Å². The number of esters is 1. The monoisotopic (exact) mass is 257 g/mol. The van der Waals surface area contributed by atoms with Gasteiger partial charge in [-0.2, -0.15) is 0 Å². The average Bonchev–Trinajstić information content (AvgIpc) is 2.61. The maximum atomic E-state index is 11.9. The molecule has 5 heteroatoms. The van der Waals surface area contributed by atoms with Crippen LogP contribution in [0.2, 0.25) is 0 Å². The molecule has 0 bridgehead atoms. The van der Waals surface area contributed by atoms with Gasteiger partial charge in [0.15, 0.2) is 0 Å². The smallest absolute Gasteiger partial charge is 0.328 e. The third-order valence-corrected chi connectivity index (χ3v) is 2.76. The van der Waals surface area contributed by atoms with Crippen molar-refractivity contribution in [2.75, 3.05) is 6.61 Å². The lowest BCUT2D eigenvalue weighted by molar-refractivity contribution is -0.158. The van der Waals surface area contributed by atoms with Gasteiger partial charge in [-0.25, -0.2) is 4.79 Å². The molecule has 0 saturated carbocycles. The largest absolute Gasteiger partial charge is 0.458 e. The lowest BCUT2D eigenvalue weighted by Crippen LogP contribution is -2.47. The third-order valence-electron chi connectivity index (χ3n) is 2.76. The van der Waals surface area contributed by atoms with E-state index >= 15 is 0 Å². The molecule has 1 aliphatic rings. The first-order valence-corrected chi connectivity index (χ1v) is 6.35. The van der Waals surface area contributed by atoms with Crippen molar-refractivity contribution in [1.82, 2.24) is 5.32 Å². The molecule has 1 fully saturated rings. The number of carbonyl (C=O) groups excluding carboxylic acids is 2. The lowest BCUT2D eigenvalue weighted by atomic mass is 10.0. The van der Waals surface area contributed by atoms with Crippen molar-refractivity contribution in [1.29, 1.82) is 0 Å². The average molecular weight is 257 g/mol. The number of amides is 1. The van der Waals surface area contributed by atoms with Crippen LogP contribution in [-0.2, 0) is 19.1 Å². The molecular formula is C13H23NO4. The van der Waals surface area contributed by atoms with Gasteiger partial charge in [-0.3, -0.25) is 4.79 Å². The van der Waals surface area contributed by atoms with Gasteiger partial charge in [0.25, 0.3) is 0 Å². The summed E-state index contributed by atoms with van der Waals surface area (Å²) in [6, 6.07) is -0.659. The molecule has 18 heavy (non-hydrogen) atoms. The quantitative estimate of drug-likeness (QED) is 0.773. The summed E-state index contributed by atoms with van der Waals surface area (Å²) in [6.07, 6.45) is 0.425. The Kier molecular flexibility index (Phi) is 4.73. The van der Waals surface area contributed by atoms with Gasteiger partial charge in [-0.05, 0) is 40.0 Å². The molecule has 0 aromatic rings. The predicted octanol–water partition coefficient (Wildman–Crippen LogP) is 1.26. The number of nitrogens with one attached hydrogen (secondary N) is 1. The van der Waals surface area contributed by atoms with Gasteiger partial charge in [0.1, 0.15) is 17.7 Å². The van der Waals surface area contributed by atoms with Crippen LogP contribution in [0.4, 0.5) is 0 Å². The Morgan fingerprint density at radius 3 is 2.44 bits per heavy atom. The Balaban J connectivity index is 2.46. The van der Waals surface area contributed by atoms with E-state index in [1.54, 1.807) is 27.7 Å². The number of rotatable bonds is 3. The maximum Gasteiger partial charge on any atom is 0.328 e. The molecule has 104 valence electrons. The number of hydrogen-bond acceptors (Lipinski definition) is 4. The molecule has 1 N–H and O–H groups in total. The highest BCUT2D eigenvalue weighted by Crippen LogP contribution is 2.20. The molecule has 1 aliphatic heterocycles. The lowest BCUT2D eigenvalue weighted by Gasteiger charge is -2.23. The van der Waals surface area contributed by atoms with Crippen LogP contribution in [0.1, 0.15) is 41.0 Å². The zero-order valence-corrected chi connectivity index (χ0v) is 11.8. The minimum absolute atomic E-state index is 0.191. The summed E-state index contributed by atoms with van der Waals surface area (Å²) in [4.78, 5) is 23.6. The van der Waals surface area contributed by atoms with Crippen LogP contribution in [-0.4, -0.2) is 36.2 Å². The van der Waals surface area contributed by atoms with E-state index in [9.17, 15) is 9.59 Å². The van der Waals surface area contributed by atoms with Crippen molar-refractivity contribution in [3.05, 3.63) is 0 Å². The molecule has 5 nitrogen and oxygen atoms in total. The van der Waals surface area contributed by atoms with Crippen LogP contribution in [0.3, 0.4) is 0 Å². The molecule has 0 aromatic carbocycles. The van der Waals surface area contributed by atoms with Gasteiger partial charge in [0.2, 0.25) is 5.91 Å². The fourth-order valence-electron chi connectivity index (χ4n) is 1.78. The highest BCUT2D eigenvalue weighted by molar-refractivity contribution is 5.87. The topological polar surface area (TPSA) is 64.6 Å². The van der Waals surface area contributed by atoms with Crippen LogP contribution < -0.4 is 5.32 Å². The molecule has 2 unspecified atom stereocenters. The molecule has 1 saturated heterocycles. The fraction of sp³-hybridized carbons (Fsp3) is 0.846. The summed E-state index contributed by atoms with van der Waals surface area (Å²) in [5, 5.41) is 2.64. The summed E-state index contributed by atoms with van der Waals surface area (Å²) in [7, 11) is 0. The zero-order valence-electron chi connectivity index (χ0n) is 11.8. The molecule has 0 spiro atoms. The summed E-state index contributed by atoms with van der Waals surface area (Å²) >= 11 is 0. The molecule has 3 atom stereocenters. The molecular weight excluding hydrogens is 234 g/mol. The first-order chi connectivity index (χ1) is 8.20. The van der Waals surface area contributed by atoms with Gasteiger partial charge < -0.3 is 14.8 Å². The Hall–Kier alpha value is -1.10. The van der Waals surface area contributed by atoms with E-state index < -0.39 is 23.7 Å². The van der Waals surface area contributed by atoms with Gasteiger partial charge in [0, 0.05) is 6.61 Å². The van der Waals surface area contributed by atoms with E-state index in [1.807, 2.05) is 6.92 Å².